The summed E-state index contributed by atoms with van der Waals surface area (Å²) in [5.41, 5.74) is 4.46. The number of rotatable bonds is 5. The average Bonchev–Trinajstić information content (AvgIpc) is 2.74. The van der Waals surface area contributed by atoms with E-state index in [-0.39, 0.29) is 5.63 Å². The maximum absolute atomic E-state index is 12.5. The van der Waals surface area contributed by atoms with E-state index in [2.05, 4.69) is 6.58 Å². The SMILES string of the molecule is C=Cc1ccc(COc2ccc3oc(=O)c(-c4ccc(Cl)cc4)c(C)c3c2)cc1. The molecule has 1 heterocycles. The van der Waals surface area contributed by atoms with Crippen LogP contribution in [0.2, 0.25) is 5.02 Å². The predicted molar refractivity (Wildman–Crippen MR) is 119 cm³/mol. The molecule has 1 aromatic heterocycles. The van der Waals surface area contributed by atoms with Gasteiger partial charge in [-0.05, 0) is 59.5 Å². The zero-order chi connectivity index (χ0) is 20.4. The first-order valence-electron chi connectivity index (χ1n) is 9.23. The summed E-state index contributed by atoms with van der Waals surface area (Å²) in [6.07, 6.45) is 1.81. The van der Waals surface area contributed by atoms with Gasteiger partial charge in [0.1, 0.15) is 17.9 Å². The van der Waals surface area contributed by atoms with Crippen molar-refractivity contribution in [2.24, 2.45) is 0 Å². The molecule has 0 amide bonds. The molecule has 144 valence electrons. The maximum Gasteiger partial charge on any atom is 0.344 e. The normalized spacial score (nSPS) is 10.8. The summed E-state index contributed by atoms with van der Waals surface area (Å²) in [4.78, 5) is 12.5. The molecule has 0 radical (unpaired) electrons. The lowest BCUT2D eigenvalue weighted by molar-refractivity contribution is 0.306. The Balaban J connectivity index is 1.67. The van der Waals surface area contributed by atoms with E-state index in [9.17, 15) is 4.79 Å². The van der Waals surface area contributed by atoms with E-state index in [0.717, 1.165) is 27.6 Å². The lowest BCUT2D eigenvalue weighted by Gasteiger charge is -2.11. The predicted octanol–water partition coefficient (Wildman–Crippen LogP) is 6.64. The molecular formula is C25H19ClO3. The van der Waals surface area contributed by atoms with Crippen molar-refractivity contribution in [2.45, 2.75) is 13.5 Å². The fraction of sp³-hybridized carbons (Fsp3) is 0.0800. The topological polar surface area (TPSA) is 39.4 Å². The number of hydrogen-bond acceptors (Lipinski definition) is 3. The van der Waals surface area contributed by atoms with Gasteiger partial charge in [0.05, 0.1) is 5.56 Å². The highest BCUT2D eigenvalue weighted by molar-refractivity contribution is 6.30. The number of halogens is 1. The molecule has 4 heteroatoms. The summed E-state index contributed by atoms with van der Waals surface area (Å²) in [5.74, 6) is 0.712. The number of aryl methyl sites for hydroxylation is 1. The molecule has 3 nitrogen and oxygen atoms in total. The summed E-state index contributed by atoms with van der Waals surface area (Å²) in [7, 11) is 0. The Bertz CT molecular complexity index is 1240. The second kappa shape index (κ2) is 7.98. The molecule has 0 N–H and O–H groups in total. The van der Waals surface area contributed by atoms with Gasteiger partial charge >= 0.3 is 5.63 Å². The van der Waals surface area contributed by atoms with E-state index in [1.165, 1.54) is 0 Å². The minimum atomic E-state index is -0.367. The highest BCUT2D eigenvalue weighted by Gasteiger charge is 2.14. The molecule has 0 aliphatic carbocycles. The highest BCUT2D eigenvalue weighted by atomic mass is 35.5. The molecule has 0 spiro atoms. The molecule has 4 aromatic rings. The van der Waals surface area contributed by atoms with Crippen LogP contribution < -0.4 is 10.4 Å². The molecule has 0 aliphatic rings. The lowest BCUT2D eigenvalue weighted by Crippen LogP contribution is -2.06. The van der Waals surface area contributed by atoms with Gasteiger partial charge < -0.3 is 9.15 Å². The first-order valence-corrected chi connectivity index (χ1v) is 9.60. The van der Waals surface area contributed by atoms with Gasteiger partial charge in [0, 0.05) is 10.4 Å². The van der Waals surface area contributed by atoms with Gasteiger partial charge in [-0.3, -0.25) is 0 Å². The van der Waals surface area contributed by atoms with Gasteiger partial charge in [-0.1, -0.05) is 60.7 Å². The van der Waals surface area contributed by atoms with Crippen molar-refractivity contribution in [3.05, 3.63) is 105 Å². The second-order valence-electron chi connectivity index (χ2n) is 6.79. The van der Waals surface area contributed by atoms with E-state index >= 15 is 0 Å². The molecule has 0 aliphatic heterocycles. The van der Waals surface area contributed by atoms with Crippen LogP contribution >= 0.6 is 11.6 Å². The largest absolute Gasteiger partial charge is 0.489 e. The number of ether oxygens (including phenoxy) is 1. The summed E-state index contributed by atoms with van der Waals surface area (Å²) < 4.78 is 11.5. The summed E-state index contributed by atoms with van der Waals surface area (Å²) in [5, 5.41) is 1.46. The monoisotopic (exact) mass is 402 g/mol. The summed E-state index contributed by atoms with van der Waals surface area (Å²) in [6.45, 7) is 6.13. The zero-order valence-electron chi connectivity index (χ0n) is 15.9. The molecule has 0 saturated carbocycles. The number of benzene rings is 3. The molecule has 0 atom stereocenters. The standard InChI is InChI=1S/C25H19ClO3/c1-3-17-4-6-18(7-5-17)15-28-21-12-13-23-22(14-21)16(2)24(25(27)29-23)19-8-10-20(26)11-9-19/h3-14H,1,15H2,2H3. The fourth-order valence-corrected chi connectivity index (χ4v) is 3.41. The van der Waals surface area contributed by atoms with Crippen LogP contribution in [0.4, 0.5) is 0 Å². The van der Waals surface area contributed by atoms with E-state index in [1.807, 2.05) is 61.5 Å². The quantitative estimate of drug-likeness (QED) is 0.351. The van der Waals surface area contributed by atoms with Crippen molar-refractivity contribution in [1.82, 2.24) is 0 Å². The first kappa shape index (κ1) is 19.0. The van der Waals surface area contributed by atoms with Gasteiger partial charge in [0.2, 0.25) is 0 Å². The highest BCUT2D eigenvalue weighted by Crippen LogP contribution is 2.30. The van der Waals surface area contributed by atoms with Crippen LogP contribution in [-0.4, -0.2) is 0 Å². The van der Waals surface area contributed by atoms with E-state index in [0.29, 0.717) is 28.5 Å². The minimum absolute atomic E-state index is 0.367. The van der Waals surface area contributed by atoms with Crippen LogP contribution in [0, 0.1) is 6.92 Å². The minimum Gasteiger partial charge on any atom is -0.489 e. The fourth-order valence-electron chi connectivity index (χ4n) is 3.29. The van der Waals surface area contributed by atoms with Crippen LogP contribution in [-0.2, 0) is 6.61 Å². The van der Waals surface area contributed by atoms with Gasteiger partial charge in [-0.2, -0.15) is 0 Å². The van der Waals surface area contributed by atoms with Gasteiger partial charge in [-0.15, -0.1) is 0 Å². The van der Waals surface area contributed by atoms with Crippen molar-refractivity contribution in [2.75, 3.05) is 0 Å². The Labute approximate surface area is 173 Å². The number of fused-ring (bicyclic) bond motifs is 1. The van der Waals surface area contributed by atoms with Crippen molar-refractivity contribution >= 4 is 28.6 Å². The second-order valence-corrected chi connectivity index (χ2v) is 7.23. The Morgan fingerprint density at radius 2 is 1.76 bits per heavy atom. The molecule has 0 saturated heterocycles. The Kier molecular flexibility index (Phi) is 5.24. The molecule has 29 heavy (non-hydrogen) atoms. The van der Waals surface area contributed by atoms with Crippen LogP contribution in [0.5, 0.6) is 5.75 Å². The molecule has 4 rings (SSSR count). The summed E-state index contributed by atoms with van der Waals surface area (Å²) >= 11 is 5.97. The molecule has 0 fully saturated rings. The van der Waals surface area contributed by atoms with Crippen LogP contribution in [0.3, 0.4) is 0 Å². The molecule has 3 aromatic carbocycles. The zero-order valence-corrected chi connectivity index (χ0v) is 16.7. The molecule has 0 unspecified atom stereocenters. The first-order chi connectivity index (χ1) is 14.0. The Hall–Kier alpha value is -3.30. The third-order valence-corrected chi connectivity index (χ3v) is 5.14. The van der Waals surface area contributed by atoms with Gasteiger partial charge in [0.25, 0.3) is 0 Å². The van der Waals surface area contributed by atoms with Gasteiger partial charge in [0.15, 0.2) is 0 Å². The maximum atomic E-state index is 12.5. The third-order valence-electron chi connectivity index (χ3n) is 4.89. The van der Waals surface area contributed by atoms with E-state index in [4.69, 9.17) is 20.8 Å². The Morgan fingerprint density at radius 1 is 1.03 bits per heavy atom. The van der Waals surface area contributed by atoms with Crippen molar-refractivity contribution in [1.29, 1.82) is 0 Å². The lowest BCUT2D eigenvalue weighted by atomic mass is 9.99. The Morgan fingerprint density at radius 3 is 2.45 bits per heavy atom. The van der Waals surface area contributed by atoms with Crippen LogP contribution in [0.15, 0.2) is 82.5 Å². The van der Waals surface area contributed by atoms with Crippen LogP contribution in [0.1, 0.15) is 16.7 Å². The third kappa shape index (κ3) is 3.96. The van der Waals surface area contributed by atoms with Gasteiger partial charge in [-0.25, -0.2) is 4.79 Å². The van der Waals surface area contributed by atoms with Crippen LogP contribution in [0.25, 0.3) is 28.2 Å². The summed E-state index contributed by atoms with van der Waals surface area (Å²) in [6, 6.07) is 20.7. The van der Waals surface area contributed by atoms with Crippen molar-refractivity contribution in [3.63, 3.8) is 0 Å². The van der Waals surface area contributed by atoms with E-state index in [1.54, 1.807) is 18.2 Å². The average molecular weight is 403 g/mol. The molecular weight excluding hydrogens is 384 g/mol. The van der Waals surface area contributed by atoms with E-state index < -0.39 is 0 Å². The number of hydrogen-bond donors (Lipinski definition) is 0. The smallest absolute Gasteiger partial charge is 0.344 e. The van der Waals surface area contributed by atoms with Crippen molar-refractivity contribution < 1.29 is 9.15 Å². The van der Waals surface area contributed by atoms with Crippen molar-refractivity contribution in [3.8, 4) is 16.9 Å². The molecule has 0 bridgehead atoms.